The van der Waals surface area contributed by atoms with Gasteiger partial charge in [0.15, 0.2) is 5.76 Å². The van der Waals surface area contributed by atoms with Gasteiger partial charge in [0, 0.05) is 28.8 Å². The van der Waals surface area contributed by atoms with Crippen molar-refractivity contribution >= 4 is 27.5 Å². The number of nitrogens with two attached hydrogens (primary N) is 1. The number of furan rings is 1. The average molecular weight is 377 g/mol. The fraction of sp³-hybridized carbons (Fsp3) is 0.389. The molecule has 2 N–H and O–H groups in total. The third-order valence-corrected chi connectivity index (χ3v) is 4.75. The molecule has 5 heteroatoms. The van der Waals surface area contributed by atoms with Crippen LogP contribution >= 0.6 is 15.9 Å². The number of hydrogen-bond donors (Lipinski definition) is 1. The number of benzene rings is 1. The van der Waals surface area contributed by atoms with Gasteiger partial charge >= 0.3 is 0 Å². The van der Waals surface area contributed by atoms with Crippen LogP contribution in [-0.2, 0) is 0 Å². The molecule has 2 aromatic rings. The molecule has 2 heterocycles. The van der Waals surface area contributed by atoms with Gasteiger partial charge in [-0.25, -0.2) is 0 Å². The predicted octanol–water partition coefficient (Wildman–Crippen LogP) is 4.41. The fourth-order valence-electron chi connectivity index (χ4n) is 3.34. The van der Waals surface area contributed by atoms with Crippen LogP contribution in [0.2, 0.25) is 0 Å². The molecule has 1 aliphatic heterocycles. The van der Waals surface area contributed by atoms with E-state index in [9.17, 15) is 4.79 Å². The van der Waals surface area contributed by atoms with Crippen LogP contribution in [0.3, 0.4) is 0 Å². The molecule has 0 bridgehead atoms. The van der Waals surface area contributed by atoms with Crippen LogP contribution in [0.5, 0.6) is 0 Å². The van der Waals surface area contributed by atoms with E-state index >= 15 is 0 Å². The van der Waals surface area contributed by atoms with Crippen molar-refractivity contribution in [1.29, 1.82) is 0 Å². The summed E-state index contributed by atoms with van der Waals surface area (Å²) in [6.45, 7) is 5.96. The molecule has 0 radical (unpaired) electrons. The van der Waals surface area contributed by atoms with E-state index < -0.39 is 0 Å². The van der Waals surface area contributed by atoms with Crippen molar-refractivity contribution < 1.29 is 9.21 Å². The van der Waals surface area contributed by atoms with E-state index in [4.69, 9.17) is 10.2 Å². The Morgan fingerprint density at radius 2 is 1.91 bits per heavy atom. The zero-order chi connectivity index (χ0) is 16.6. The summed E-state index contributed by atoms with van der Waals surface area (Å²) in [4.78, 5) is 14.6. The molecule has 3 rings (SSSR count). The van der Waals surface area contributed by atoms with Gasteiger partial charge in [-0.1, -0.05) is 29.8 Å². The van der Waals surface area contributed by atoms with Crippen LogP contribution < -0.4 is 5.73 Å². The Hall–Kier alpha value is -1.75. The number of piperidine rings is 1. The SMILES string of the molecule is C[C@@H]1C[C@@H](C)CN(C(=O)c2ccc(-c3ccc(Br)cc3N)o2)C1. The molecule has 4 nitrogen and oxygen atoms in total. The van der Waals surface area contributed by atoms with E-state index in [2.05, 4.69) is 29.8 Å². The second-order valence-electron chi connectivity index (χ2n) is 6.55. The highest BCUT2D eigenvalue weighted by atomic mass is 79.9. The highest BCUT2D eigenvalue weighted by Gasteiger charge is 2.27. The zero-order valence-electron chi connectivity index (χ0n) is 13.4. The van der Waals surface area contributed by atoms with Crippen LogP contribution in [-0.4, -0.2) is 23.9 Å². The molecule has 1 aromatic carbocycles. The molecule has 23 heavy (non-hydrogen) atoms. The molecule has 1 aliphatic rings. The van der Waals surface area contributed by atoms with Crippen LogP contribution in [0.15, 0.2) is 39.2 Å². The minimum absolute atomic E-state index is 0.0367. The summed E-state index contributed by atoms with van der Waals surface area (Å²) in [6, 6.07) is 9.17. The summed E-state index contributed by atoms with van der Waals surface area (Å²) in [5.74, 6) is 2.02. The smallest absolute Gasteiger partial charge is 0.289 e. The van der Waals surface area contributed by atoms with Crippen molar-refractivity contribution in [2.45, 2.75) is 20.3 Å². The first-order valence-corrected chi connectivity index (χ1v) is 8.68. The maximum Gasteiger partial charge on any atom is 0.289 e. The first-order chi connectivity index (χ1) is 10.9. The van der Waals surface area contributed by atoms with Gasteiger partial charge in [0.05, 0.1) is 0 Å². The Kier molecular flexibility index (Phi) is 4.48. The van der Waals surface area contributed by atoms with Gasteiger partial charge in [-0.05, 0) is 48.6 Å². The predicted molar refractivity (Wildman–Crippen MR) is 95.1 cm³/mol. The average Bonchev–Trinajstić information content (AvgIpc) is 2.95. The number of likely N-dealkylation sites (tertiary alicyclic amines) is 1. The number of nitrogen functional groups attached to an aromatic ring is 1. The Morgan fingerprint density at radius 3 is 2.57 bits per heavy atom. The molecule has 122 valence electrons. The Balaban J connectivity index is 1.82. The summed E-state index contributed by atoms with van der Waals surface area (Å²) in [5.41, 5.74) is 7.45. The minimum Gasteiger partial charge on any atom is -0.451 e. The number of halogens is 1. The Bertz CT molecular complexity index is 716. The zero-order valence-corrected chi connectivity index (χ0v) is 15.0. The lowest BCUT2D eigenvalue weighted by atomic mass is 9.92. The normalized spacial score (nSPS) is 21.4. The van der Waals surface area contributed by atoms with E-state index in [0.29, 0.717) is 29.0 Å². The van der Waals surface area contributed by atoms with Crippen molar-refractivity contribution in [2.24, 2.45) is 11.8 Å². The number of nitrogens with zero attached hydrogens (tertiary/aromatic N) is 1. The van der Waals surface area contributed by atoms with Crippen LogP contribution in [0.1, 0.15) is 30.8 Å². The van der Waals surface area contributed by atoms with E-state index in [1.54, 1.807) is 6.07 Å². The van der Waals surface area contributed by atoms with Gasteiger partial charge in [0.1, 0.15) is 5.76 Å². The summed E-state index contributed by atoms with van der Waals surface area (Å²) in [7, 11) is 0. The van der Waals surface area contributed by atoms with Crippen LogP contribution in [0, 0.1) is 11.8 Å². The number of amides is 1. The molecular weight excluding hydrogens is 356 g/mol. The van der Waals surface area contributed by atoms with Crippen molar-refractivity contribution in [3.05, 3.63) is 40.6 Å². The summed E-state index contributed by atoms with van der Waals surface area (Å²) >= 11 is 3.39. The van der Waals surface area contributed by atoms with Crippen molar-refractivity contribution in [3.8, 4) is 11.3 Å². The van der Waals surface area contributed by atoms with Crippen LogP contribution in [0.25, 0.3) is 11.3 Å². The number of anilines is 1. The van der Waals surface area contributed by atoms with Crippen LogP contribution in [0.4, 0.5) is 5.69 Å². The van der Waals surface area contributed by atoms with Crippen molar-refractivity contribution in [1.82, 2.24) is 4.90 Å². The maximum atomic E-state index is 12.7. The molecule has 2 atom stereocenters. The third kappa shape index (κ3) is 3.44. The van der Waals surface area contributed by atoms with Crippen molar-refractivity contribution in [3.63, 3.8) is 0 Å². The minimum atomic E-state index is -0.0367. The summed E-state index contributed by atoms with van der Waals surface area (Å²) in [6.07, 6.45) is 1.17. The quantitative estimate of drug-likeness (QED) is 0.789. The Labute approximate surface area is 144 Å². The van der Waals surface area contributed by atoms with E-state index in [1.807, 2.05) is 29.2 Å². The monoisotopic (exact) mass is 376 g/mol. The lowest BCUT2D eigenvalue weighted by Gasteiger charge is -2.34. The standard InChI is InChI=1S/C18H21BrN2O2/c1-11-7-12(2)10-21(9-11)18(22)17-6-5-16(23-17)14-4-3-13(19)8-15(14)20/h3-6,8,11-12H,7,9-10,20H2,1-2H3/t11-,12-/m1/s1. The van der Waals surface area contributed by atoms with Gasteiger partial charge < -0.3 is 15.1 Å². The molecule has 1 amide bonds. The molecule has 1 aromatic heterocycles. The van der Waals surface area contributed by atoms with Crippen molar-refractivity contribution in [2.75, 3.05) is 18.8 Å². The Morgan fingerprint density at radius 1 is 1.22 bits per heavy atom. The highest BCUT2D eigenvalue weighted by Crippen LogP contribution is 2.31. The van der Waals surface area contributed by atoms with Gasteiger partial charge in [0.2, 0.25) is 0 Å². The first kappa shape index (κ1) is 16.1. The van der Waals surface area contributed by atoms with E-state index in [1.165, 1.54) is 6.42 Å². The van der Waals surface area contributed by atoms with Gasteiger partial charge in [-0.15, -0.1) is 0 Å². The molecule has 0 saturated carbocycles. The number of hydrogen-bond acceptors (Lipinski definition) is 3. The molecule has 1 fully saturated rings. The fourth-order valence-corrected chi connectivity index (χ4v) is 3.72. The van der Waals surface area contributed by atoms with Gasteiger partial charge in [-0.3, -0.25) is 4.79 Å². The topological polar surface area (TPSA) is 59.5 Å². The molecular formula is C18H21BrN2O2. The van der Waals surface area contributed by atoms with E-state index in [-0.39, 0.29) is 5.91 Å². The van der Waals surface area contributed by atoms with Gasteiger partial charge in [0.25, 0.3) is 5.91 Å². The lowest BCUT2D eigenvalue weighted by Crippen LogP contribution is -2.42. The molecule has 0 spiro atoms. The number of rotatable bonds is 2. The molecule has 1 saturated heterocycles. The summed E-state index contributed by atoms with van der Waals surface area (Å²) in [5, 5.41) is 0. The third-order valence-electron chi connectivity index (χ3n) is 4.25. The highest BCUT2D eigenvalue weighted by molar-refractivity contribution is 9.10. The number of carbonyl (C=O) groups excluding carboxylic acids is 1. The van der Waals surface area contributed by atoms with Gasteiger partial charge in [-0.2, -0.15) is 0 Å². The largest absolute Gasteiger partial charge is 0.451 e. The van der Waals surface area contributed by atoms with E-state index in [0.717, 1.165) is 23.1 Å². The first-order valence-electron chi connectivity index (χ1n) is 7.88. The summed E-state index contributed by atoms with van der Waals surface area (Å²) < 4.78 is 6.70. The molecule has 0 unspecified atom stereocenters. The molecule has 0 aliphatic carbocycles. The lowest BCUT2D eigenvalue weighted by molar-refractivity contribution is 0.0592. The second-order valence-corrected chi connectivity index (χ2v) is 7.47. The second kappa shape index (κ2) is 6.40. The maximum absolute atomic E-state index is 12.7. The number of carbonyl (C=O) groups is 1.